The molecule has 0 aliphatic carbocycles. The summed E-state index contributed by atoms with van der Waals surface area (Å²) in [5.41, 5.74) is 2.43. The number of carboxylic acids is 1. The fourth-order valence-corrected chi connectivity index (χ4v) is 2.13. The van der Waals surface area contributed by atoms with Crippen molar-refractivity contribution in [3.8, 4) is 11.3 Å². The molecule has 1 aromatic carbocycles. The Balaban J connectivity index is 2.51. The van der Waals surface area contributed by atoms with Gasteiger partial charge in [-0.25, -0.2) is 4.79 Å². The largest absolute Gasteiger partial charge is 0.478 e. The molecular formula is C15H18N2O2. The summed E-state index contributed by atoms with van der Waals surface area (Å²) in [5.74, 6) is -0.917. The van der Waals surface area contributed by atoms with E-state index in [1.807, 2.05) is 37.3 Å². The molecule has 2 aromatic rings. The minimum absolute atomic E-state index is 0.308. The molecule has 0 spiro atoms. The highest BCUT2D eigenvalue weighted by Gasteiger charge is 2.21. The number of rotatable bonds is 5. The third kappa shape index (κ3) is 2.67. The Bertz CT molecular complexity index is 573. The van der Waals surface area contributed by atoms with Gasteiger partial charge in [-0.15, -0.1) is 0 Å². The first-order valence-electron chi connectivity index (χ1n) is 6.51. The highest BCUT2D eigenvalue weighted by atomic mass is 16.4. The molecule has 0 aliphatic rings. The SMILES string of the molecule is CCCCn1nc(-c2ccccc2)c(C(=O)O)c1C. The van der Waals surface area contributed by atoms with E-state index in [-0.39, 0.29) is 0 Å². The molecule has 1 aromatic heterocycles. The topological polar surface area (TPSA) is 55.1 Å². The standard InChI is InChI=1S/C15H18N2O2/c1-3-4-10-17-11(2)13(15(18)19)14(16-17)12-8-6-5-7-9-12/h5-9H,3-4,10H2,1-2H3,(H,18,19). The zero-order valence-electron chi connectivity index (χ0n) is 11.3. The molecule has 19 heavy (non-hydrogen) atoms. The van der Waals surface area contributed by atoms with Crippen LogP contribution in [0.3, 0.4) is 0 Å². The summed E-state index contributed by atoms with van der Waals surface area (Å²) in [7, 11) is 0. The van der Waals surface area contributed by atoms with E-state index in [1.54, 1.807) is 4.68 Å². The summed E-state index contributed by atoms with van der Waals surface area (Å²) < 4.78 is 1.80. The molecule has 0 saturated heterocycles. The number of aryl methyl sites for hydroxylation is 1. The van der Waals surface area contributed by atoms with Gasteiger partial charge in [-0.05, 0) is 13.3 Å². The van der Waals surface area contributed by atoms with Crippen molar-refractivity contribution in [1.29, 1.82) is 0 Å². The maximum Gasteiger partial charge on any atom is 0.339 e. The molecule has 0 atom stereocenters. The van der Waals surface area contributed by atoms with Crippen molar-refractivity contribution in [2.75, 3.05) is 0 Å². The normalized spacial score (nSPS) is 10.6. The minimum Gasteiger partial charge on any atom is -0.478 e. The molecule has 0 fully saturated rings. The van der Waals surface area contributed by atoms with Crippen LogP contribution >= 0.6 is 0 Å². The van der Waals surface area contributed by atoms with Crippen LogP contribution < -0.4 is 0 Å². The van der Waals surface area contributed by atoms with Crippen LogP contribution in [0.2, 0.25) is 0 Å². The molecular weight excluding hydrogens is 240 g/mol. The summed E-state index contributed by atoms with van der Waals surface area (Å²) in [6, 6.07) is 9.46. The van der Waals surface area contributed by atoms with E-state index in [1.165, 1.54) is 0 Å². The van der Waals surface area contributed by atoms with Crippen LogP contribution in [0, 0.1) is 6.92 Å². The number of hydrogen-bond acceptors (Lipinski definition) is 2. The lowest BCUT2D eigenvalue weighted by Gasteiger charge is -2.02. The molecule has 0 bridgehead atoms. The van der Waals surface area contributed by atoms with Crippen molar-refractivity contribution in [2.24, 2.45) is 0 Å². The number of aromatic carboxylic acids is 1. The Hall–Kier alpha value is -2.10. The molecule has 0 saturated carbocycles. The van der Waals surface area contributed by atoms with E-state index in [4.69, 9.17) is 0 Å². The third-order valence-electron chi connectivity index (χ3n) is 3.19. The smallest absolute Gasteiger partial charge is 0.339 e. The number of carboxylic acid groups (broad SMARTS) is 1. The van der Waals surface area contributed by atoms with Crippen LogP contribution in [0.1, 0.15) is 35.8 Å². The van der Waals surface area contributed by atoms with Crippen LogP contribution in [0.25, 0.3) is 11.3 Å². The number of hydrogen-bond donors (Lipinski definition) is 1. The molecule has 2 rings (SSSR count). The minimum atomic E-state index is -0.917. The lowest BCUT2D eigenvalue weighted by molar-refractivity contribution is 0.0696. The van der Waals surface area contributed by atoms with Gasteiger partial charge in [-0.1, -0.05) is 43.7 Å². The van der Waals surface area contributed by atoms with Gasteiger partial charge in [0.25, 0.3) is 0 Å². The van der Waals surface area contributed by atoms with E-state index in [2.05, 4.69) is 12.0 Å². The van der Waals surface area contributed by atoms with E-state index in [0.717, 1.165) is 30.6 Å². The second kappa shape index (κ2) is 5.69. The fourth-order valence-electron chi connectivity index (χ4n) is 2.13. The van der Waals surface area contributed by atoms with Crippen LogP contribution in [0.4, 0.5) is 0 Å². The Labute approximate surface area is 112 Å². The maximum atomic E-state index is 11.4. The van der Waals surface area contributed by atoms with Crippen LogP contribution in [-0.2, 0) is 6.54 Å². The molecule has 4 heteroatoms. The fraction of sp³-hybridized carbons (Fsp3) is 0.333. The summed E-state index contributed by atoms with van der Waals surface area (Å²) >= 11 is 0. The number of nitrogens with zero attached hydrogens (tertiary/aromatic N) is 2. The monoisotopic (exact) mass is 258 g/mol. The maximum absolute atomic E-state index is 11.4. The molecule has 100 valence electrons. The molecule has 0 radical (unpaired) electrons. The Kier molecular flexibility index (Phi) is 4.00. The number of benzene rings is 1. The van der Waals surface area contributed by atoms with Gasteiger partial charge >= 0.3 is 5.97 Å². The summed E-state index contributed by atoms with van der Waals surface area (Å²) in [6.07, 6.45) is 2.05. The molecule has 0 amide bonds. The quantitative estimate of drug-likeness (QED) is 0.894. The first kappa shape index (κ1) is 13.3. The lowest BCUT2D eigenvalue weighted by atomic mass is 10.1. The lowest BCUT2D eigenvalue weighted by Crippen LogP contribution is -2.04. The van der Waals surface area contributed by atoms with Crippen LogP contribution in [0.5, 0.6) is 0 Å². The predicted octanol–water partition coefficient (Wildman–Crippen LogP) is 3.36. The van der Waals surface area contributed by atoms with E-state index < -0.39 is 5.97 Å². The van der Waals surface area contributed by atoms with E-state index in [0.29, 0.717) is 11.3 Å². The van der Waals surface area contributed by atoms with Gasteiger partial charge in [-0.3, -0.25) is 4.68 Å². The number of aromatic nitrogens is 2. The van der Waals surface area contributed by atoms with Gasteiger partial charge in [0.05, 0.1) is 5.69 Å². The van der Waals surface area contributed by atoms with Crippen molar-refractivity contribution in [3.05, 3.63) is 41.6 Å². The zero-order valence-corrected chi connectivity index (χ0v) is 11.3. The molecule has 1 N–H and O–H groups in total. The Morgan fingerprint density at radius 2 is 2.00 bits per heavy atom. The van der Waals surface area contributed by atoms with Gasteiger partial charge in [-0.2, -0.15) is 5.10 Å². The first-order chi connectivity index (χ1) is 9.15. The van der Waals surface area contributed by atoms with E-state index in [9.17, 15) is 9.90 Å². The van der Waals surface area contributed by atoms with Gasteiger partial charge in [0, 0.05) is 12.1 Å². The van der Waals surface area contributed by atoms with Gasteiger partial charge in [0.1, 0.15) is 11.3 Å². The zero-order chi connectivity index (χ0) is 13.8. The van der Waals surface area contributed by atoms with Gasteiger partial charge in [0.15, 0.2) is 0 Å². The Morgan fingerprint density at radius 1 is 1.32 bits per heavy atom. The second-order valence-electron chi connectivity index (χ2n) is 4.56. The van der Waals surface area contributed by atoms with Crippen molar-refractivity contribution >= 4 is 5.97 Å². The average molecular weight is 258 g/mol. The molecule has 0 aliphatic heterocycles. The first-order valence-corrected chi connectivity index (χ1v) is 6.51. The van der Waals surface area contributed by atoms with Gasteiger partial charge in [0.2, 0.25) is 0 Å². The predicted molar refractivity (Wildman–Crippen MR) is 74.3 cm³/mol. The summed E-state index contributed by atoms with van der Waals surface area (Å²) in [6.45, 7) is 4.68. The van der Waals surface area contributed by atoms with Gasteiger partial charge < -0.3 is 5.11 Å². The highest BCUT2D eigenvalue weighted by molar-refractivity contribution is 5.96. The van der Waals surface area contributed by atoms with Crippen molar-refractivity contribution in [2.45, 2.75) is 33.2 Å². The second-order valence-corrected chi connectivity index (χ2v) is 4.56. The Morgan fingerprint density at radius 3 is 2.58 bits per heavy atom. The molecule has 1 heterocycles. The highest BCUT2D eigenvalue weighted by Crippen LogP contribution is 2.25. The third-order valence-corrected chi connectivity index (χ3v) is 3.19. The van der Waals surface area contributed by atoms with Crippen molar-refractivity contribution in [1.82, 2.24) is 9.78 Å². The van der Waals surface area contributed by atoms with E-state index >= 15 is 0 Å². The van der Waals surface area contributed by atoms with Crippen LogP contribution in [0.15, 0.2) is 30.3 Å². The average Bonchev–Trinajstić information content (AvgIpc) is 2.74. The molecule has 4 nitrogen and oxygen atoms in total. The van der Waals surface area contributed by atoms with Crippen molar-refractivity contribution in [3.63, 3.8) is 0 Å². The molecule has 0 unspecified atom stereocenters. The number of unbranched alkanes of at least 4 members (excludes halogenated alkanes) is 1. The van der Waals surface area contributed by atoms with Crippen LogP contribution in [-0.4, -0.2) is 20.9 Å². The van der Waals surface area contributed by atoms with Crippen molar-refractivity contribution < 1.29 is 9.90 Å². The number of carbonyl (C=O) groups is 1. The summed E-state index contributed by atoms with van der Waals surface area (Å²) in [5, 5.41) is 13.9. The summed E-state index contributed by atoms with van der Waals surface area (Å²) in [4.78, 5) is 11.4.